The summed E-state index contributed by atoms with van der Waals surface area (Å²) in [6.45, 7) is 0. The Morgan fingerprint density at radius 2 is 1.86 bits per heavy atom. The molecule has 0 bridgehead atoms. The third-order valence-corrected chi connectivity index (χ3v) is 2.57. The van der Waals surface area contributed by atoms with Gasteiger partial charge in [-0.1, -0.05) is 5.92 Å². The maximum absolute atomic E-state index is 12.8. The largest absolute Gasteiger partial charge is 0.359 e. The predicted molar refractivity (Wildman–Crippen MR) is 57.9 cm³/mol. The molecule has 2 N–H and O–H groups in total. The molecular formula is C9H4Br2FNO. The molecule has 0 aliphatic carbocycles. The van der Waals surface area contributed by atoms with Crippen molar-refractivity contribution in [2.24, 2.45) is 5.73 Å². The molecule has 1 amide bonds. The highest BCUT2D eigenvalue weighted by molar-refractivity contribution is 9.11. The zero-order valence-electron chi connectivity index (χ0n) is 6.77. The monoisotopic (exact) mass is 319 g/mol. The number of nitrogens with two attached hydrogens (primary N) is 1. The predicted octanol–water partition coefficient (Wildman–Crippen LogP) is 2.19. The zero-order chi connectivity index (χ0) is 10.7. The van der Waals surface area contributed by atoms with Crippen molar-refractivity contribution < 1.29 is 9.18 Å². The first-order valence-corrected chi connectivity index (χ1v) is 5.05. The Kier molecular flexibility index (Phi) is 3.67. The number of hydrogen-bond acceptors (Lipinski definition) is 1. The van der Waals surface area contributed by atoms with Crippen molar-refractivity contribution in [3.63, 3.8) is 0 Å². The van der Waals surface area contributed by atoms with Gasteiger partial charge in [0.05, 0.1) is 5.56 Å². The third-order valence-electron chi connectivity index (χ3n) is 1.32. The molecule has 0 saturated heterocycles. The minimum Gasteiger partial charge on any atom is -0.359 e. The van der Waals surface area contributed by atoms with Gasteiger partial charge in [-0.15, -0.1) is 0 Å². The molecule has 0 spiro atoms. The molecule has 0 aliphatic rings. The van der Waals surface area contributed by atoms with Crippen LogP contribution in [0.25, 0.3) is 0 Å². The summed E-state index contributed by atoms with van der Waals surface area (Å²) in [7, 11) is 0. The lowest BCUT2D eigenvalue weighted by molar-refractivity contribution is -0.112. The van der Waals surface area contributed by atoms with Crippen molar-refractivity contribution in [1.29, 1.82) is 0 Å². The van der Waals surface area contributed by atoms with Crippen LogP contribution in [-0.4, -0.2) is 5.91 Å². The van der Waals surface area contributed by atoms with E-state index in [4.69, 9.17) is 5.73 Å². The molecular weight excluding hydrogens is 317 g/mol. The number of hydrogen-bond donors (Lipinski definition) is 1. The molecule has 0 unspecified atom stereocenters. The number of primary amides is 1. The first kappa shape index (κ1) is 11.2. The fourth-order valence-corrected chi connectivity index (χ4v) is 2.11. The van der Waals surface area contributed by atoms with Gasteiger partial charge >= 0.3 is 0 Å². The molecule has 0 aliphatic heterocycles. The first-order valence-electron chi connectivity index (χ1n) is 3.46. The van der Waals surface area contributed by atoms with E-state index in [-0.39, 0.29) is 0 Å². The van der Waals surface area contributed by atoms with Crippen LogP contribution in [0, 0.1) is 17.7 Å². The Hall–Kier alpha value is -0.860. The second kappa shape index (κ2) is 4.58. The number of amides is 1. The van der Waals surface area contributed by atoms with Gasteiger partial charge in [-0.2, -0.15) is 0 Å². The van der Waals surface area contributed by atoms with Gasteiger partial charge in [0.25, 0.3) is 5.91 Å². The summed E-state index contributed by atoms with van der Waals surface area (Å²) in [6.07, 6.45) is 0. The fraction of sp³-hybridized carbons (Fsp3) is 0. The molecule has 0 atom stereocenters. The van der Waals surface area contributed by atoms with Crippen LogP contribution in [0.15, 0.2) is 21.1 Å². The van der Waals surface area contributed by atoms with Crippen LogP contribution >= 0.6 is 31.9 Å². The molecule has 0 saturated carbocycles. The lowest BCUT2D eigenvalue weighted by Gasteiger charge is -1.99. The average Bonchev–Trinajstić information content (AvgIpc) is 2.01. The first-order chi connectivity index (χ1) is 6.50. The van der Waals surface area contributed by atoms with Gasteiger partial charge < -0.3 is 5.73 Å². The highest BCUT2D eigenvalue weighted by atomic mass is 79.9. The molecule has 0 fully saturated rings. The summed E-state index contributed by atoms with van der Waals surface area (Å²) in [5.74, 6) is 3.57. The summed E-state index contributed by atoms with van der Waals surface area (Å²) in [4.78, 5) is 10.4. The lowest BCUT2D eigenvalue weighted by atomic mass is 10.2. The van der Waals surface area contributed by atoms with Crippen LogP contribution in [-0.2, 0) is 4.79 Å². The Bertz CT molecular complexity index is 425. The standard InChI is InChI=1S/C9H4Br2FNO/c10-7-3-5(12)4-8(11)6(7)1-2-9(13)14/h3-4H,(H2,13,14). The van der Waals surface area contributed by atoms with Crippen molar-refractivity contribution in [2.45, 2.75) is 0 Å². The van der Waals surface area contributed by atoms with Crippen LogP contribution in [0.2, 0.25) is 0 Å². The summed E-state index contributed by atoms with van der Waals surface area (Å²) in [6, 6.07) is 2.52. The van der Waals surface area contributed by atoms with E-state index in [0.29, 0.717) is 14.5 Å². The maximum atomic E-state index is 12.8. The van der Waals surface area contributed by atoms with Crippen LogP contribution < -0.4 is 5.73 Å². The number of carbonyl (C=O) groups excluding carboxylic acids is 1. The zero-order valence-corrected chi connectivity index (χ0v) is 9.95. The van der Waals surface area contributed by atoms with E-state index in [1.54, 1.807) is 0 Å². The second-order valence-electron chi connectivity index (χ2n) is 2.36. The third kappa shape index (κ3) is 2.82. The quantitative estimate of drug-likeness (QED) is 0.732. The smallest absolute Gasteiger partial charge is 0.293 e. The van der Waals surface area contributed by atoms with Gasteiger partial charge in [0, 0.05) is 14.9 Å². The summed E-state index contributed by atoms with van der Waals surface area (Å²) < 4.78 is 13.7. The normalized spacial score (nSPS) is 9.07. The van der Waals surface area contributed by atoms with Gasteiger partial charge in [0.2, 0.25) is 0 Å². The van der Waals surface area contributed by atoms with Crippen LogP contribution in [0.4, 0.5) is 4.39 Å². The van der Waals surface area contributed by atoms with Crippen LogP contribution in [0.1, 0.15) is 5.56 Å². The van der Waals surface area contributed by atoms with Crippen molar-refractivity contribution >= 4 is 37.8 Å². The highest BCUT2D eigenvalue weighted by Crippen LogP contribution is 2.25. The molecule has 2 nitrogen and oxygen atoms in total. The molecule has 1 aromatic rings. The van der Waals surface area contributed by atoms with Gasteiger partial charge in [-0.05, 0) is 44.0 Å². The van der Waals surface area contributed by atoms with Crippen LogP contribution in [0.3, 0.4) is 0 Å². The Morgan fingerprint density at radius 1 is 1.36 bits per heavy atom. The van der Waals surface area contributed by atoms with Crippen molar-refractivity contribution in [2.75, 3.05) is 0 Å². The number of rotatable bonds is 0. The van der Waals surface area contributed by atoms with E-state index in [0.717, 1.165) is 0 Å². The topological polar surface area (TPSA) is 43.1 Å². The van der Waals surface area contributed by atoms with E-state index < -0.39 is 11.7 Å². The van der Waals surface area contributed by atoms with E-state index in [1.165, 1.54) is 12.1 Å². The van der Waals surface area contributed by atoms with Gasteiger partial charge in [-0.3, -0.25) is 4.79 Å². The van der Waals surface area contributed by atoms with Gasteiger partial charge in [0.1, 0.15) is 5.82 Å². The number of carbonyl (C=O) groups is 1. The number of halogens is 3. The lowest BCUT2D eigenvalue weighted by Crippen LogP contribution is -2.06. The molecule has 0 radical (unpaired) electrons. The minimum absolute atomic E-state index is 0.395. The molecule has 5 heteroatoms. The summed E-state index contributed by atoms with van der Waals surface area (Å²) in [5, 5.41) is 0. The van der Waals surface area contributed by atoms with Gasteiger partial charge in [0.15, 0.2) is 0 Å². The number of benzene rings is 1. The van der Waals surface area contributed by atoms with E-state index in [1.807, 2.05) is 0 Å². The van der Waals surface area contributed by atoms with Crippen molar-refractivity contribution in [1.82, 2.24) is 0 Å². The molecule has 72 valence electrons. The van der Waals surface area contributed by atoms with E-state index in [9.17, 15) is 9.18 Å². The Balaban J connectivity index is 3.24. The second-order valence-corrected chi connectivity index (χ2v) is 4.07. The van der Waals surface area contributed by atoms with Crippen molar-refractivity contribution in [3.05, 3.63) is 32.5 Å². The van der Waals surface area contributed by atoms with Gasteiger partial charge in [-0.25, -0.2) is 4.39 Å². The molecule has 1 aromatic carbocycles. The average molecular weight is 321 g/mol. The van der Waals surface area contributed by atoms with E-state index in [2.05, 4.69) is 43.7 Å². The minimum atomic E-state index is -0.729. The highest BCUT2D eigenvalue weighted by Gasteiger charge is 2.04. The van der Waals surface area contributed by atoms with E-state index >= 15 is 0 Å². The van der Waals surface area contributed by atoms with Crippen LogP contribution in [0.5, 0.6) is 0 Å². The Morgan fingerprint density at radius 3 is 2.29 bits per heavy atom. The molecule has 14 heavy (non-hydrogen) atoms. The SMILES string of the molecule is NC(=O)C#Cc1c(Br)cc(F)cc1Br. The summed E-state index contributed by atoms with van der Waals surface area (Å²) in [5.41, 5.74) is 5.34. The Labute approximate surface area is 96.9 Å². The van der Waals surface area contributed by atoms with Crippen molar-refractivity contribution in [3.8, 4) is 11.8 Å². The maximum Gasteiger partial charge on any atom is 0.293 e. The summed E-state index contributed by atoms with van der Waals surface area (Å²) >= 11 is 6.25. The fourth-order valence-electron chi connectivity index (χ4n) is 0.786. The molecule has 1 rings (SSSR count). The molecule has 0 heterocycles. The molecule has 0 aromatic heterocycles.